The number of rotatable bonds is 9. The Morgan fingerprint density at radius 2 is 1.78 bits per heavy atom. The maximum atomic E-state index is 13.3. The van der Waals surface area contributed by atoms with Gasteiger partial charge in [-0.3, -0.25) is 9.52 Å². The van der Waals surface area contributed by atoms with Crippen LogP contribution in [0, 0.1) is 0 Å². The first-order chi connectivity index (χ1) is 17.7. The van der Waals surface area contributed by atoms with E-state index in [1.54, 1.807) is 43.3 Å². The molecule has 4 rings (SSSR count). The number of aromatic amines is 1. The van der Waals surface area contributed by atoms with E-state index in [2.05, 4.69) is 31.2 Å². The molecule has 12 heteroatoms. The van der Waals surface area contributed by atoms with E-state index in [1.165, 1.54) is 38.7 Å². The predicted octanol–water partition coefficient (Wildman–Crippen LogP) is 3.87. The number of nitrogens with one attached hydrogen (secondary N) is 2. The second-order valence-electron chi connectivity index (χ2n) is 7.70. The Hall–Kier alpha value is -4.71. The third-order valence-corrected chi connectivity index (χ3v) is 6.33. The number of nitrogens with zero attached hydrogens (tertiary/aromatic N) is 3. The van der Waals surface area contributed by atoms with E-state index in [1.807, 2.05) is 0 Å². The summed E-state index contributed by atoms with van der Waals surface area (Å²) in [6.45, 7) is 5.61. The highest BCUT2D eigenvalue weighted by molar-refractivity contribution is 7.92. The monoisotopic (exact) mass is 521 g/mol. The lowest BCUT2D eigenvalue weighted by molar-refractivity contribution is 0.348. The van der Waals surface area contributed by atoms with Gasteiger partial charge in [-0.25, -0.2) is 9.97 Å². The number of allylic oxidation sites excluding steroid dienone is 1. The molecule has 0 aliphatic carbocycles. The molecule has 37 heavy (non-hydrogen) atoms. The number of para-hydroxylation sites is 2. The highest BCUT2D eigenvalue weighted by Crippen LogP contribution is 2.41. The molecule has 0 bridgehead atoms. The SMILES string of the molecule is C=C(C)c1ccc(S(=O)(=O)Nc2nc(-c3cc[nH]c(=O)c3)nc(OC)c2Oc2ccccc2OC)nc1. The Balaban J connectivity index is 1.86. The molecular formula is C25H23N5O6S. The van der Waals surface area contributed by atoms with Gasteiger partial charge in [-0.2, -0.15) is 13.4 Å². The van der Waals surface area contributed by atoms with Crippen LogP contribution in [0.1, 0.15) is 12.5 Å². The average Bonchev–Trinajstić information content (AvgIpc) is 2.89. The van der Waals surface area contributed by atoms with Crippen LogP contribution in [0.15, 0.2) is 77.3 Å². The van der Waals surface area contributed by atoms with Crippen LogP contribution in [-0.2, 0) is 10.0 Å². The first kappa shape index (κ1) is 25.4. The summed E-state index contributed by atoms with van der Waals surface area (Å²) in [7, 11) is -1.42. The summed E-state index contributed by atoms with van der Waals surface area (Å²) < 4.78 is 45.7. The maximum Gasteiger partial charge on any atom is 0.280 e. The third-order valence-electron chi connectivity index (χ3n) is 5.08. The van der Waals surface area contributed by atoms with Crippen LogP contribution < -0.4 is 24.5 Å². The van der Waals surface area contributed by atoms with E-state index >= 15 is 0 Å². The molecule has 0 spiro atoms. The lowest BCUT2D eigenvalue weighted by Gasteiger charge is -2.17. The molecule has 0 saturated carbocycles. The van der Waals surface area contributed by atoms with E-state index in [0.717, 1.165) is 5.57 Å². The first-order valence-electron chi connectivity index (χ1n) is 10.8. The normalized spacial score (nSPS) is 11.0. The molecular weight excluding hydrogens is 498 g/mol. The fraction of sp³-hybridized carbons (Fsp3) is 0.120. The van der Waals surface area contributed by atoms with Crippen LogP contribution in [0.5, 0.6) is 23.1 Å². The van der Waals surface area contributed by atoms with E-state index in [-0.39, 0.29) is 34.0 Å². The molecule has 0 amide bonds. The molecule has 0 aliphatic heterocycles. The Bertz CT molecular complexity index is 1620. The van der Waals surface area contributed by atoms with Gasteiger partial charge in [0.1, 0.15) is 0 Å². The Morgan fingerprint density at radius 3 is 2.41 bits per heavy atom. The van der Waals surface area contributed by atoms with Gasteiger partial charge < -0.3 is 19.2 Å². The average molecular weight is 522 g/mol. The number of benzene rings is 1. The van der Waals surface area contributed by atoms with Crippen LogP contribution in [-0.4, -0.2) is 42.6 Å². The fourth-order valence-electron chi connectivity index (χ4n) is 3.23. The smallest absolute Gasteiger partial charge is 0.280 e. The lowest BCUT2D eigenvalue weighted by Crippen LogP contribution is -2.17. The van der Waals surface area contributed by atoms with Crippen LogP contribution in [0.25, 0.3) is 17.0 Å². The van der Waals surface area contributed by atoms with Crippen molar-refractivity contribution in [2.24, 2.45) is 0 Å². The zero-order chi connectivity index (χ0) is 26.6. The molecule has 3 aromatic heterocycles. The van der Waals surface area contributed by atoms with Gasteiger partial charge in [0, 0.05) is 24.0 Å². The molecule has 0 radical (unpaired) electrons. The van der Waals surface area contributed by atoms with Gasteiger partial charge in [0.25, 0.3) is 15.9 Å². The van der Waals surface area contributed by atoms with Crippen molar-refractivity contribution in [1.82, 2.24) is 19.9 Å². The van der Waals surface area contributed by atoms with Crippen LogP contribution in [0.4, 0.5) is 5.82 Å². The van der Waals surface area contributed by atoms with E-state index < -0.39 is 15.6 Å². The van der Waals surface area contributed by atoms with Crippen molar-refractivity contribution in [3.8, 4) is 34.5 Å². The number of sulfonamides is 1. The molecule has 0 aliphatic rings. The lowest BCUT2D eigenvalue weighted by atomic mass is 10.2. The summed E-state index contributed by atoms with van der Waals surface area (Å²) in [5, 5.41) is -0.254. The minimum atomic E-state index is -4.23. The Labute approximate surface area is 212 Å². The number of pyridine rings is 2. The molecule has 1 aromatic carbocycles. The first-order valence-corrected chi connectivity index (χ1v) is 12.3. The molecule has 3 heterocycles. The number of hydrogen-bond acceptors (Lipinski definition) is 9. The molecule has 0 atom stereocenters. The Morgan fingerprint density at radius 1 is 1.03 bits per heavy atom. The van der Waals surface area contributed by atoms with Crippen molar-refractivity contribution < 1.29 is 22.6 Å². The summed E-state index contributed by atoms with van der Waals surface area (Å²) >= 11 is 0. The van der Waals surface area contributed by atoms with E-state index in [0.29, 0.717) is 16.9 Å². The minimum absolute atomic E-state index is 0.0265. The summed E-state index contributed by atoms with van der Waals surface area (Å²) in [6, 6.07) is 12.5. The topological polar surface area (TPSA) is 145 Å². The van der Waals surface area contributed by atoms with Gasteiger partial charge in [0.2, 0.25) is 11.3 Å². The molecule has 0 saturated heterocycles. The fourth-order valence-corrected chi connectivity index (χ4v) is 4.16. The van der Waals surface area contributed by atoms with Gasteiger partial charge in [0.05, 0.1) is 14.2 Å². The van der Waals surface area contributed by atoms with Crippen molar-refractivity contribution in [3.05, 3.63) is 83.4 Å². The van der Waals surface area contributed by atoms with Crippen LogP contribution in [0.2, 0.25) is 0 Å². The molecule has 2 N–H and O–H groups in total. The van der Waals surface area contributed by atoms with Gasteiger partial charge in [-0.1, -0.05) is 24.8 Å². The van der Waals surface area contributed by atoms with E-state index in [4.69, 9.17) is 14.2 Å². The molecule has 0 unspecified atom stereocenters. The second kappa shape index (κ2) is 10.5. The third kappa shape index (κ3) is 5.59. The van der Waals surface area contributed by atoms with Gasteiger partial charge in [-0.15, -0.1) is 0 Å². The zero-order valence-electron chi connectivity index (χ0n) is 20.2. The van der Waals surface area contributed by atoms with Crippen molar-refractivity contribution in [2.45, 2.75) is 11.9 Å². The number of hydrogen-bond donors (Lipinski definition) is 2. The number of ether oxygens (including phenoxy) is 3. The molecule has 11 nitrogen and oxygen atoms in total. The van der Waals surface area contributed by atoms with Crippen molar-refractivity contribution in [2.75, 3.05) is 18.9 Å². The highest BCUT2D eigenvalue weighted by Gasteiger charge is 2.25. The summed E-state index contributed by atoms with van der Waals surface area (Å²) in [6.07, 6.45) is 2.83. The van der Waals surface area contributed by atoms with Gasteiger partial charge in [0.15, 0.2) is 28.2 Å². The van der Waals surface area contributed by atoms with Crippen LogP contribution in [0.3, 0.4) is 0 Å². The second-order valence-corrected chi connectivity index (χ2v) is 9.33. The quantitative estimate of drug-likeness (QED) is 0.335. The predicted molar refractivity (Wildman–Crippen MR) is 137 cm³/mol. The number of aromatic nitrogens is 4. The largest absolute Gasteiger partial charge is 0.493 e. The number of H-pyrrole nitrogens is 1. The summed E-state index contributed by atoms with van der Waals surface area (Å²) in [5.74, 6) is 0.230. The van der Waals surface area contributed by atoms with Crippen molar-refractivity contribution in [3.63, 3.8) is 0 Å². The number of anilines is 1. The molecule has 4 aromatic rings. The minimum Gasteiger partial charge on any atom is -0.493 e. The zero-order valence-corrected chi connectivity index (χ0v) is 21.0. The van der Waals surface area contributed by atoms with Crippen LogP contribution >= 0.6 is 0 Å². The Kier molecular flexibility index (Phi) is 7.20. The van der Waals surface area contributed by atoms with Crippen molar-refractivity contribution >= 4 is 21.4 Å². The highest BCUT2D eigenvalue weighted by atomic mass is 32.2. The van der Waals surface area contributed by atoms with Gasteiger partial charge >= 0.3 is 0 Å². The maximum absolute atomic E-state index is 13.3. The molecule has 190 valence electrons. The standard InChI is InChI=1S/C25H23N5O6S/c1-15(2)17-9-10-21(27-14-17)37(32,33)30-24-22(36-19-8-6-5-7-18(19)34-3)25(35-4)29-23(28-24)16-11-12-26-20(31)13-16/h5-14H,1H2,2-4H3,(H,26,31)(H,28,29,30). The summed E-state index contributed by atoms with van der Waals surface area (Å²) in [4.78, 5) is 27.1. The van der Waals surface area contributed by atoms with E-state index in [9.17, 15) is 13.2 Å². The van der Waals surface area contributed by atoms with Crippen molar-refractivity contribution in [1.29, 1.82) is 0 Å². The number of methoxy groups -OCH3 is 2. The molecule has 0 fully saturated rings. The summed E-state index contributed by atoms with van der Waals surface area (Å²) in [5.41, 5.74) is 1.37. The van der Waals surface area contributed by atoms with Gasteiger partial charge in [-0.05, 0) is 42.3 Å².